The molecule has 2 aliphatic rings. The van der Waals surface area contributed by atoms with Crippen LogP contribution in [-0.4, -0.2) is 27.9 Å². The molecule has 0 spiro atoms. The molecule has 124 valence electrons. The van der Waals surface area contributed by atoms with Crippen LogP contribution in [0.2, 0.25) is 0 Å². The van der Waals surface area contributed by atoms with Crippen molar-refractivity contribution in [3.8, 4) is 0 Å². The van der Waals surface area contributed by atoms with Crippen molar-refractivity contribution < 1.29 is 19.1 Å². The fourth-order valence-electron chi connectivity index (χ4n) is 3.46. The molecule has 2 unspecified atom stereocenters. The molecular formula is C18H22FNO3. The minimum Gasteiger partial charge on any atom is -0.481 e. The number of rotatable bonds is 5. The van der Waals surface area contributed by atoms with Crippen LogP contribution in [0.3, 0.4) is 0 Å². The molecule has 23 heavy (non-hydrogen) atoms. The average molecular weight is 319 g/mol. The van der Waals surface area contributed by atoms with Crippen molar-refractivity contribution in [2.75, 3.05) is 0 Å². The van der Waals surface area contributed by atoms with Gasteiger partial charge >= 0.3 is 5.97 Å². The largest absolute Gasteiger partial charge is 0.481 e. The summed E-state index contributed by atoms with van der Waals surface area (Å²) in [7, 11) is 0. The lowest BCUT2D eigenvalue weighted by Gasteiger charge is -2.31. The summed E-state index contributed by atoms with van der Waals surface area (Å²) in [4.78, 5) is 25.8. The predicted octanol–water partition coefficient (Wildman–Crippen LogP) is 3.21. The molecule has 0 aliphatic heterocycles. The maximum absolute atomic E-state index is 13.9. The van der Waals surface area contributed by atoms with Crippen LogP contribution in [0.25, 0.3) is 0 Å². The van der Waals surface area contributed by atoms with E-state index in [0.29, 0.717) is 18.4 Å². The highest BCUT2D eigenvalue weighted by atomic mass is 19.1. The highest BCUT2D eigenvalue weighted by Crippen LogP contribution is 2.35. The summed E-state index contributed by atoms with van der Waals surface area (Å²) in [5.74, 6) is -1.77. The first kappa shape index (κ1) is 16.0. The van der Waals surface area contributed by atoms with Crippen LogP contribution in [0.4, 0.5) is 4.39 Å². The molecule has 2 fully saturated rings. The monoisotopic (exact) mass is 319 g/mol. The Balaban J connectivity index is 1.72. The van der Waals surface area contributed by atoms with E-state index in [-0.39, 0.29) is 30.2 Å². The third-order valence-corrected chi connectivity index (χ3v) is 4.94. The smallest absolute Gasteiger partial charge is 0.306 e. The van der Waals surface area contributed by atoms with Crippen molar-refractivity contribution in [3.63, 3.8) is 0 Å². The van der Waals surface area contributed by atoms with Gasteiger partial charge in [-0.1, -0.05) is 24.6 Å². The second kappa shape index (κ2) is 6.69. The summed E-state index contributed by atoms with van der Waals surface area (Å²) in [5.41, 5.74) is 0.526. The van der Waals surface area contributed by atoms with Crippen LogP contribution in [0.1, 0.15) is 44.1 Å². The number of carboxylic acids is 1. The zero-order valence-electron chi connectivity index (χ0n) is 13.1. The molecule has 1 amide bonds. The molecule has 1 N–H and O–H groups in total. The summed E-state index contributed by atoms with van der Waals surface area (Å²) in [6, 6.07) is 6.72. The van der Waals surface area contributed by atoms with Crippen LogP contribution in [-0.2, 0) is 16.1 Å². The van der Waals surface area contributed by atoms with Gasteiger partial charge in [0.05, 0.1) is 5.92 Å². The van der Waals surface area contributed by atoms with Gasteiger partial charge < -0.3 is 10.0 Å². The lowest BCUT2D eigenvalue weighted by molar-refractivity contribution is -0.145. The summed E-state index contributed by atoms with van der Waals surface area (Å²) in [5, 5.41) is 9.20. The molecule has 4 nitrogen and oxygen atoms in total. The van der Waals surface area contributed by atoms with Gasteiger partial charge in [-0.15, -0.1) is 0 Å². The second-order valence-electron chi connectivity index (χ2n) is 6.69. The Morgan fingerprint density at radius 3 is 2.48 bits per heavy atom. The van der Waals surface area contributed by atoms with Gasteiger partial charge in [0.25, 0.3) is 0 Å². The highest BCUT2D eigenvalue weighted by molar-refractivity contribution is 5.81. The molecular weight excluding hydrogens is 297 g/mol. The van der Waals surface area contributed by atoms with Crippen LogP contribution >= 0.6 is 0 Å². The van der Waals surface area contributed by atoms with Crippen LogP contribution < -0.4 is 0 Å². The Morgan fingerprint density at radius 1 is 1.13 bits per heavy atom. The molecule has 2 aliphatic carbocycles. The van der Waals surface area contributed by atoms with Gasteiger partial charge in [-0.2, -0.15) is 0 Å². The molecule has 0 heterocycles. The first-order valence-corrected chi connectivity index (χ1v) is 8.33. The fourth-order valence-corrected chi connectivity index (χ4v) is 3.46. The molecule has 0 radical (unpaired) electrons. The lowest BCUT2D eigenvalue weighted by Crippen LogP contribution is -2.40. The summed E-state index contributed by atoms with van der Waals surface area (Å²) in [6.07, 6.45) is 4.48. The number of aliphatic carboxylic acids is 1. The Morgan fingerprint density at radius 2 is 1.83 bits per heavy atom. The van der Waals surface area contributed by atoms with Gasteiger partial charge in [0, 0.05) is 24.1 Å². The SMILES string of the molecule is O=C(O)C1CCCC(C(=O)N(Cc2ccccc2F)C2CC2)C1. The number of halogens is 1. The van der Waals surface area contributed by atoms with Crippen molar-refractivity contribution in [2.45, 2.75) is 51.1 Å². The Labute approximate surface area is 135 Å². The summed E-state index contributed by atoms with van der Waals surface area (Å²) in [6.45, 7) is 0.282. The molecule has 5 heteroatoms. The minimum absolute atomic E-state index is 0.00158. The number of carbonyl (C=O) groups excluding carboxylic acids is 1. The van der Waals surface area contributed by atoms with Crippen LogP contribution in [0.5, 0.6) is 0 Å². The first-order valence-electron chi connectivity index (χ1n) is 8.33. The van der Waals surface area contributed by atoms with Gasteiger partial charge in [-0.05, 0) is 38.2 Å². The number of hydrogen-bond donors (Lipinski definition) is 1. The summed E-state index contributed by atoms with van der Waals surface area (Å²) >= 11 is 0. The molecule has 0 aromatic heterocycles. The van der Waals surface area contributed by atoms with Crippen molar-refractivity contribution in [1.29, 1.82) is 0 Å². The molecule has 2 saturated carbocycles. The van der Waals surface area contributed by atoms with E-state index in [2.05, 4.69) is 0 Å². The molecule has 1 aromatic rings. The van der Waals surface area contributed by atoms with Gasteiger partial charge in [0.1, 0.15) is 5.82 Å². The van der Waals surface area contributed by atoms with Crippen molar-refractivity contribution in [3.05, 3.63) is 35.6 Å². The molecule has 2 atom stereocenters. The summed E-state index contributed by atoms with van der Waals surface area (Å²) < 4.78 is 13.9. The van der Waals surface area contributed by atoms with Gasteiger partial charge in [0.2, 0.25) is 5.91 Å². The minimum atomic E-state index is -0.811. The normalized spacial score (nSPS) is 24.2. The fraction of sp³-hybridized carbons (Fsp3) is 0.556. The number of amides is 1. The van der Waals surface area contributed by atoms with E-state index in [1.165, 1.54) is 6.07 Å². The molecule has 1 aromatic carbocycles. The van der Waals surface area contributed by atoms with Crippen molar-refractivity contribution in [1.82, 2.24) is 4.90 Å². The first-order chi connectivity index (χ1) is 11.1. The van der Waals surface area contributed by atoms with Gasteiger partial charge in [-0.25, -0.2) is 4.39 Å². The standard InChI is InChI=1S/C18H22FNO3/c19-16-7-2-1-4-14(16)11-20(15-8-9-15)17(21)12-5-3-6-13(10-12)18(22)23/h1-2,4,7,12-13,15H,3,5-6,8-11H2,(H,22,23). The van der Waals surface area contributed by atoms with Crippen molar-refractivity contribution >= 4 is 11.9 Å². The van der Waals surface area contributed by atoms with E-state index in [1.807, 2.05) is 0 Å². The van der Waals surface area contributed by atoms with Gasteiger partial charge in [0.15, 0.2) is 0 Å². The number of benzene rings is 1. The Hall–Kier alpha value is -1.91. The topological polar surface area (TPSA) is 57.6 Å². The second-order valence-corrected chi connectivity index (χ2v) is 6.69. The van der Waals surface area contributed by atoms with Crippen LogP contribution in [0, 0.1) is 17.7 Å². The molecule has 3 rings (SSSR count). The van der Waals surface area contributed by atoms with Crippen LogP contribution in [0.15, 0.2) is 24.3 Å². The number of carboxylic acid groups (broad SMARTS) is 1. The third kappa shape index (κ3) is 3.71. The number of carbonyl (C=O) groups is 2. The molecule has 0 saturated heterocycles. The van der Waals surface area contributed by atoms with E-state index in [1.54, 1.807) is 23.1 Å². The zero-order valence-corrected chi connectivity index (χ0v) is 13.1. The highest BCUT2D eigenvalue weighted by Gasteiger charge is 2.39. The van der Waals surface area contributed by atoms with E-state index in [4.69, 9.17) is 0 Å². The quantitative estimate of drug-likeness (QED) is 0.906. The van der Waals surface area contributed by atoms with E-state index < -0.39 is 11.9 Å². The number of hydrogen-bond acceptors (Lipinski definition) is 2. The van der Waals surface area contributed by atoms with E-state index in [0.717, 1.165) is 25.7 Å². The number of nitrogens with zero attached hydrogens (tertiary/aromatic N) is 1. The van der Waals surface area contributed by atoms with Gasteiger partial charge in [-0.3, -0.25) is 9.59 Å². The Kier molecular flexibility index (Phi) is 4.64. The zero-order chi connectivity index (χ0) is 16.4. The molecule has 0 bridgehead atoms. The van der Waals surface area contributed by atoms with Crippen molar-refractivity contribution in [2.24, 2.45) is 11.8 Å². The Bertz CT molecular complexity index is 600. The predicted molar refractivity (Wildman–Crippen MR) is 83.1 cm³/mol. The third-order valence-electron chi connectivity index (χ3n) is 4.94. The van der Waals surface area contributed by atoms with E-state index in [9.17, 15) is 19.1 Å². The average Bonchev–Trinajstić information content (AvgIpc) is 3.38. The maximum Gasteiger partial charge on any atom is 0.306 e. The van der Waals surface area contributed by atoms with E-state index >= 15 is 0 Å². The lowest BCUT2D eigenvalue weighted by atomic mass is 9.80. The maximum atomic E-state index is 13.9.